The van der Waals surface area contributed by atoms with Crippen molar-refractivity contribution >= 4 is 21.8 Å². The lowest BCUT2D eigenvalue weighted by Gasteiger charge is -2.26. The number of aliphatic hydroxyl groups is 1. The van der Waals surface area contributed by atoms with E-state index in [1.807, 2.05) is 24.3 Å². The minimum Gasteiger partial charge on any atom is -0.393 e. The summed E-state index contributed by atoms with van der Waals surface area (Å²) < 4.78 is 1.06. The third kappa shape index (κ3) is 4.62. The van der Waals surface area contributed by atoms with Gasteiger partial charge in [-0.2, -0.15) is 0 Å². The Morgan fingerprint density at radius 2 is 1.95 bits per heavy atom. The summed E-state index contributed by atoms with van der Waals surface area (Å²) >= 11 is 3.49. The Morgan fingerprint density at radius 3 is 2.63 bits per heavy atom. The van der Waals surface area contributed by atoms with E-state index in [1.54, 1.807) is 0 Å². The number of benzene rings is 1. The monoisotopic (exact) mass is 325 g/mol. The Bertz CT molecular complexity index is 428. The highest BCUT2D eigenvalue weighted by Gasteiger charge is 2.20. The Kier molecular flexibility index (Phi) is 5.40. The van der Waals surface area contributed by atoms with Crippen molar-refractivity contribution in [3.05, 3.63) is 34.3 Å². The smallest absolute Gasteiger partial charge is 0.220 e. The van der Waals surface area contributed by atoms with Gasteiger partial charge in [0.1, 0.15) is 0 Å². The Hall–Kier alpha value is -0.870. The van der Waals surface area contributed by atoms with Crippen LogP contribution in [0.4, 0.5) is 0 Å². The number of hydrogen-bond acceptors (Lipinski definition) is 2. The molecule has 1 aromatic rings. The van der Waals surface area contributed by atoms with E-state index in [4.69, 9.17) is 0 Å². The molecular weight excluding hydrogens is 306 g/mol. The van der Waals surface area contributed by atoms with E-state index in [2.05, 4.69) is 21.2 Å². The molecule has 2 rings (SSSR count). The molecular formula is C15H20BrNO2. The van der Waals surface area contributed by atoms with E-state index >= 15 is 0 Å². The molecule has 0 radical (unpaired) electrons. The lowest BCUT2D eigenvalue weighted by molar-refractivity contribution is -0.122. The number of nitrogens with one attached hydrogen (secondary N) is 1. The molecule has 0 heterocycles. The molecule has 4 heteroatoms. The zero-order valence-corrected chi connectivity index (χ0v) is 12.5. The molecule has 0 bridgehead atoms. The summed E-state index contributed by atoms with van der Waals surface area (Å²) in [6, 6.07) is 8.24. The molecule has 3 nitrogen and oxygen atoms in total. The number of carbonyl (C=O) groups is 1. The van der Waals surface area contributed by atoms with Gasteiger partial charge in [0.2, 0.25) is 5.91 Å². The number of rotatable bonds is 4. The molecule has 0 atom stereocenters. The van der Waals surface area contributed by atoms with Gasteiger partial charge in [-0.05, 0) is 43.7 Å². The van der Waals surface area contributed by atoms with Crippen molar-refractivity contribution in [1.29, 1.82) is 0 Å². The van der Waals surface area contributed by atoms with Crippen LogP contribution in [0.3, 0.4) is 0 Å². The highest BCUT2D eigenvalue weighted by atomic mass is 79.9. The van der Waals surface area contributed by atoms with Crippen LogP contribution in [0.15, 0.2) is 28.7 Å². The van der Waals surface area contributed by atoms with E-state index < -0.39 is 0 Å². The fourth-order valence-electron chi connectivity index (χ4n) is 2.47. The maximum Gasteiger partial charge on any atom is 0.220 e. The topological polar surface area (TPSA) is 49.3 Å². The molecule has 1 saturated carbocycles. The first-order valence-electron chi connectivity index (χ1n) is 6.86. The van der Waals surface area contributed by atoms with Gasteiger partial charge >= 0.3 is 0 Å². The van der Waals surface area contributed by atoms with E-state index in [0.717, 1.165) is 42.1 Å². The standard InChI is InChI=1S/C15H20BrNO2/c16-14-4-2-1-3-11(14)5-10-15(19)17-12-6-8-13(18)9-7-12/h1-4,12-13,18H,5-10H2,(H,17,19). The predicted molar refractivity (Wildman–Crippen MR) is 78.9 cm³/mol. The van der Waals surface area contributed by atoms with Gasteiger partial charge in [-0.15, -0.1) is 0 Å². The third-order valence-corrected chi connectivity index (χ3v) is 4.41. The Balaban J connectivity index is 1.74. The van der Waals surface area contributed by atoms with Crippen molar-refractivity contribution in [1.82, 2.24) is 5.32 Å². The second-order valence-corrected chi connectivity index (χ2v) is 6.02. The van der Waals surface area contributed by atoms with Crippen molar-refractivity contribution in [3.8, 4) is 0 Å². The number of hydrogen-bond donors (Lipinski definition) is 2. The quantitative estimate of drug-likeness (QED) is 0.894. The van der Waals surface area contributed by atoms with Gasteiger partial charge in [-0.25, -0.2) is 0 Å². The maximum atomic E-state index is 11.9. The fourth-order valence-corrected chi connectivity index (χ4v) is 2.95. The molecule has 0 saturated heterocycles. The summed E-state index contributed by atoms with van der Waals surface area (Å²) in [5.74, 6) is 0.108. The first kappa shape index (κ1) is 14.5. The van der Waals surface area contributed by atoms with Gasteiger partial charge in [0.05, 0.1) is 6.10 Å². The molecule has 1 aromatic carbocycles. The van der Waals surface area contributed by atoms with E-state index in [9.17, 15) is 9.90 Å². The predicted octanol–water partition coefficient (Wildman–Crippen LogP) is 2.80. The van der Waals surface area contributed by atoms with Gasteiger partial charge in [0.25, 0.3) is 0 Å². The van der Waals surface area contributed by atoms with Crippen LogP contribution >= 0.6 is 15.9 Å². The molecule has 0 aliphatic heterocycles. The molecule has 19 heavy (non-hydrogen) atoms. The number of amides is 1. The van der Waals surface area contributed by atoms with Crippen LogP contribution in [-0.4, -0.2) is 23.2 Å². The van der Waals surface area contributed by atoms with Crippen molar-refractivity contribution in [2.45, 2.75) is 50.7 Å². The second kappa shape index (κ2) is 7.06. The van der Waals surface area contributed by atoms with Crippen LogP contribution in [0.25, 0.3) is 0 Å². The van der Waals surface area contributed by atoms with E-state index in [0.29, 0.717) is 6.42 Å². The SMILES string of the molecule is O=C(CCc1ccccc1Br)NC1CCC(O)CC1. The molecule has 104 valence electrons. The second-order valence-electron chi connectivity index (χ2n) is 5.16. The number of halogens is 1. The van der Waals surface area contributed by atoms with E-state index in [-0.39, 0.29) is 18.1 Å². The van der Waals surface area contributed by atoms with E-state index in [1.165, 1.54) is 0 Å². The van der Waals surface area contributed by atoms with Crippen LogP contribution in [0, 0.1) is 0 Å². The van der Waals surface area contributed by atoms with Gasteiger partial charge < -0.3 is 10.4 Å². The highest BCUT2D eigenvalue weighted by Crippen LogP contribution is 2.19. The van der Waals surface area contributed by atoms with Crippen LogP contribution in [0.5, 0.6) is 0 Å². The summed E-state index contributed by atoms with van der Waals surface area (Å²) in [6.45, 7) is 0. The third-order valence-electron chi connectivity index (χ3n) is 3.64. The zero-order chi connectivity index (χ0) is 13.7. The summed E-state index contributed by atoms with van der Waals surface area (Å²) in [4.78, 5) is 11.9. The highest BCUT2D eigenvalue weighted by molar-refractivity contribution is 9.10. The Morgan fingerprint density at radius 1 is 1.26 bits per heavy atom. The van der Waals surface area contributed by atoms with Crippen LogP contribution in [0.1, 0.15) is 37.7 Å². The average molecular weight is 326 g/mol. The number of aliphatic hydroxyl groups excluding tert-OH is 1. The molecule has 2 N–H and O–H groups in total. The molecule has 1 aliphatic carbocycles. The van der Waals surface area contributed by atoms with Crippen LogP contribution < -0.4 is 5.32 Å². The van der Waals surface area contributed by atoms with Crippen molar-refractivity contribution in [2.75, 3.05) is 0 Å². The first-order chi connectivity index (χ1) is 9.15. The molecule has 0 aromatic heterocycles. The molecule has 1 aliphatic rings. The lowest BCUT2D eigenvalue weighted by atomic mass is 9.93. The molecule has 1 amide bonds. The van der Waals surface area contributed by atoms with Crippen molar-refractivity contribution < 1.29 is 9.90 Å². The van der Waals surface area contributed by atoms with Gasteiger partial charge in [-0.1, -0.05) is 34.1 Å². The average Bonchev–Trinajstić information content (AvgIpc) is 2.40. The van der Waals surface area contributed by atoms with Gasteiger partial charge in [0, 0.05) is 16.9 Å². The normalized spacial score (nSPS) is 23.1. The fraction of sp³-hybridized carbons (Fsp3) is 0.533. The molecule has 1 fully saturated rings. The summed E-state index contributed by atoms with van der Waals surface area (Å²) in [5.41, 5.74) is 1.16. The minimum atomic E-state index is -0.173. The summed E-state index contributed by atoms with van der Waals surface area (Å²) in [5, 5.41) is 12.5. The maximum absolute atomic E-state index is 11.9. The largest absolute Gasteiger partial charge is 0.393 e. The molecule has 0 unspecified atom stereocenters. The van der Waals surface area contributed by atoms with Crippen molar-refractivity contribution in [2.24, 2.45) is 0 Å². The summed E-state index contributed by atoms with van der Waals surface area (Å²) in [7, 11) is 0. The first-order valence-corrected chi connectivity index (χ1v) is 7.65. The van der Waals surface area contributed by atoms with Gasteiger partial charge in [0.15, 0.2) is 0 Å². The Labute approximate surface area is 122 Å². The van der Waals surface area contributed by atoms with Gasteiger partial charge in [-0.3, -0.25) is 4.79 Å². The molecule has 0 spiro atoms. The van der Waals surface area contributed by atoms with Crippen LogP contribution in [0.2, 0.25) is 0 Å². The zero-order valence-electron chi connectivity index (χ0n) is 10.9. The van der Waals surface area contributed by atoms with Crippen LogP contribution in [-0.2, 0) is 11.2 Å². The lowest BCUT2D eigenvalue weighted by Crippen LogP contribution is -2.38. The summed E-state index contributed by atoms with van der Waals surface area (Å²) in [6.07, 6.45) is 4.48. The minimum absolute atomic E-state index is 0.108. The number of aryl methyl sites for hydroxylation is 1. The van der Waals surface area contributed by atoms with Crippen molar-refractivity contribution in [3.63, 3.8) is 0 Å². The number of carbonyl (C=O) groups excluding carboxylic acids is 1.